The van der Waals surface area contributed by atoms with Crippen molar-refractivity contribution in [3.63, 3.8) is 0 Å². The van der Waals surface area contributed by atoms with Crippen molar-refractivity contribution in [3.05, 3.63) is 29.0 Å². The predicted molar refractivity (Wildman–Crippen MR) is 59.6 cm³/mol. The molecule has 0 aliphatic heterocycles. The fraction of sp³-hybridized carbons (Fsp3) is 0.300. The average Bonchev–Trinajstić information content (AvgIpc) is 2.87. The molecule has 6 nitrogen and oxygen atoms in total. The van der Waals surface area contributed by atoms with Crippen LogP contribution in [0, 0.1) is 6.92 Å². The molecule has 0 bridgehead atoms. The lowest BCUT2D eigenvalue weighted by Gasteiger charge is -2.04. The number of rotatable bonds is 5. The quantitative estimate of drug-likeness (QED) is 0.799. The summed E-state index contributed by atoms with van der Waals surface area (Å²) in [6.07, 6.45) is 2.16. The van der Waals surface area contributed by atoms with Crippen LogP contribution >= 0.6 is 11.3 Å². The van der Waals surface area contributed by atoms with E-state index in [1.807, 2.05) is 19.1 Å². The summed E-state index contributed by atoms with van der Waals surface area (Å²) < 4.78 is 5.26. The Balaban J connectivity index is 2.04. The molecule has 0 aromatic carbocycles. The Morgan fingerprint density at radius 1 is 1.53 bits per heavy atom. The third-order valence-electron chi connectivity index (χ3n) is 2.16. The molecular weight excluding hydrogens is 244 g/mol. The zero-order valence-corrected chi connectivity index (χ0v) is 9.98. The van der Waals surface area contributed by atoms with E-state index >= 15 is 0 Å². The summed E-state index contributed by atoms with van der Waals surface area (Å²) >= 11 is 1.50. The Morgan fingerprint density at radius 3 is 3.00 bits per heavy atom. The van der Waals surface area contributed by atoms with Crippen molar-refractivity contribution in [2.24, 2.45) is 0 Å². The van der Waals surface area contributed by atoms with Gasteiger partial charge in [-0.05, 0) is 19.1 Å². The highest BCUT2D eigenvalue weighted by atomic mass is 32.1. The predicted octanol–water partition coefficient (Wildman–Crippen LogP) is 2.27. The van der Waals surface area contributed by atoms with E-state index < -0.39 is 0 Å². The van der Waals surface area contributed by atoms with Gasteiger partial charge < -0.3 is 4.42 Å². The third kappa shape index (κ3) is 3.11. The van der Waals surface area contributed by atoms with Crippen LogP contribution in [0.1, 0.15) is 10.6 Å². The Morgan fingerprint density at radius 2 is 2.35 bits per heavy atom. The second-order valence-electron chi connectivity index (χ2n) is 3.34. The SMILES string of the molecule is Cc1nc(-c2ccco2)sc1CCON(O)O. The maximum absolute atomic E-state index is 8.39. The lowest BCUT2D eigenvalue weighted by atomic mass is 10.3. The maximum atomic E-state index is 8.39. The molecule has 2 N–H and O–H groups in total. The van der Waals surface area contributed by atoms with Crippen molar-refractivity contribution in [1.82, 2.24) is 10.4 Å². The molecule has 0 atom stereocenters. The summed E-state index contributed by atoms with van der Waals surface area (Å²) in [5.41, 5.74) is 0.896. The van der Waals surface area contributed by atoms with E-state index in [4.69, 9.17) is 14.8 Å². The van der Waals surface area contributed by atoms with Gasteiger partial charge in [-0.2, -0.15) is 0 Å². The molecule has 2 aromatic rings. The smallest absolute Gasteiger partial charge is 0.162 e. The van der Waals surface area contributed by atoms with Gasteiger partial charge in [0, 0.05) is 11.3 Å². The lowest BCUT2D eigenvalue weighted by Crippen LogP contribution is -2.16. The monoisotopic (exact) mass is 256 g/mol. The molecule has 17 heavy (non-hydrogen) atoms. The number of nitrogens with zero attached hydrogens (tertiary/aromatic N) is 2. The molecule has 92 valence electrons. The highest BCUT2D eigenvalue weighted by Crippen LogP contribution is 2.28. The second kappa shape index (κ2) is 5.39. The van der Waals surface area contributed by atoms with Crippen LogP contribution in [0.25, 0.3) is 10.8 Å². The van der Waals surface area contributed by atoms with Crippen LogP contribution in [0.3, 0.4) is 0 Å². The van der Waals surface area contributed by atoms with Crippen molar-refractivity contribution < 1.29 is 19.7 Å². The first kappa shape index (κ1) is 12.2. The molecule has 0 aliphatic rings. The topological polar surface area (TPSA) is 79.0 Å². The van der Waals surface area contributed by atoms with Gasteiger partial charge in [-0.25, -0.2) is 4.98 Å². The van der Waals surface area contributed by atoms with Crippen molar-refractivity contribution >= 4 is 11.3 Å². The zero-order chi connectivity index (χ0) is 12.3. The Kier molecular flexibility index (Phi) is 3.87. The van der Waals surface area contributed by atoms with Gasteiger partial charge in [0.05, 0.1) is 24.0 Å². The molecule has 0 radical (unpaired) electrons. The van der Waals surface area contributed by atoms with Crippen LogP contribution in [0.15, 0.2) is 22.8 Å². The molecular formula is C10H12N2O4S. The van der Waals surface area contributed by atoms with Gasteiger partial charge in [-0.3, -0.25) is 15.3 Å². The molecule has 0 fully saturated rings. The molecule has 2 heterocycles. The number of thiazole rings is 1. The number of aromatic nitrogens is 1. The summed E-state index contributed by atoms with van der Waals surface area (Å²) in [7, 11) is 0. The Labute approximate surface area is 102 Å². The van der Waals surface area contributed by atoms with E-state index in [1.54, 1.807) is 6.26 Å². The van der Waals surface area contributed by atoms with Gasteiger partial charge in [0.2, 0.25) is 0 Å². The molecule has 2 aromatic heterocycles. The fourth-order valence-corrected chi connectivity index (χ4v) is 2.40. The van der Waals surface area contributed by atoms with E-state index in [9.17, 15) is 0 Å². The number of hydrogen-bond donors (Lipinski definition) is 2. The first-order valence-corrected chi connectivity index (χ1v) is 5.79. The van der Waals surface area contributed by atoms with Gasteiger partial charge in [0.25, 0.3) is 0 Å². The van der Waals surface area contributed by atoms with Gasteiger partial charge in [-0.15, -0.1) is 11.3 Å². The molecule has 0 unspecified atom stereocenters. The molecule has 0 amide bonds. The van der Waals surface area contributed by atoms with Crippen LogP contribution in [-0.2, 0) is 11.3 Å². The van der Waals surface area contributed by atoms with Gasteiger partial charge in [0.1, 0.15) is 0 Å². The van der Waals surface area contributed by atoms with Crippen molar-refractivity contribution in [2.75, 3.05) is 6.61 Å². The standard InChI is InChI=1S/C10H12N2O4S/c1-7-9(4-6-16-12(13)14)17-10(11-7)8-3-2-5-15-8/h2-3,5,13-14H,4,6H2,1H3. The summed E-state index contributed by atoms with van der Waals surface area (Å²) in [5, 5.41) is 17.3. The number of aryl methyl sites for hydroxylation is 1. The Hall–Kier alpha value is -1.25. The van der Waals surface area contributed by atoms with Crippen LogP contribution in [0.2, 0.25) is 0 Å². The van der Waals surface area contributed by atoms with Crippen LogP contribution in [-0.4, -0.2) is 27.4 Å². The largest absolute Gasteiger partial charge is 0.462 e. The molecule has 0 spiro atoms. The molecule has 0 aliphatic carbocycles. The fourth-order valence-electron chi connectivity index (χ4n) is 1.39. The lowest BCUT2D eigenvalue weighted by molar-refractivity contribution is -0.492. The molecule has 0 saturated carbocycles. The third-order valence-corrected chi connectivity index (χ3v) is 3.39. The summed E-state index contributed by atoms with van der Waals surface area (Å²) in [6, 6.07) is 3.66. The maximum Gasteiger partial charge on any atom is 0.162 e. The van der Waals surface area contributed by atoms with Crippen molar-refractivity contribution in [1.29, 1.82) is 0 Å². The highest BCUT2D eigenvalue weighted by Gasteiger charge is 2.11. The minimum atomic E-state index is -0.288. The first-order chi connectivity index (χ1) is 8.16. The number of furan rings is 1. The first-order valence-electron chi connectivity index (χ1n) is 4.98. The number of hydrogen-bond acceptors (Lipinski definition) is 7. The normalized spacial score (nSPS) is 11.3. The van der Waals surface area contributed by atoms with Crippen LogP contribution in [0.5, 0.6) is 0 Å². The van der Waals surface area contributed by atoms with Crippen molar-refractivity contribution in [2.45, 2.75) is 13.3 Å². The average molecular weight is 256 g/mol. The summed E-state index contributed by atoms with van der Waals surface area (Å²) in [4.78, 5) is 9.91. The van der Waals surface area contributed by atoms with Gasteiger partial charge in [-0.1, -0.05) is 0 Å². The molecule has 0 saturated heterocycles. The highest BCUT2D eigenvalue weighted by molar-refractivity contribution is 7.15. The van der Waals surface area contributed by atoms with Gasteiger partial charge in [0.15, 0.2) is 10.8 Å². The van der Waals surface area contributed by atoms with Crippen LogP contribution in [0.4, 0.5) is 0 Å². The Bertz CT molecular complexity index is 467. The van der Waals surface area contributed by atoms with E-state index in [0.29, 0.717) is 6.42 Å². The van der Waals surface area contributed by atoms with Gasteiger partial charge >= 0.3 is 0 Å². The van der Waals surface area contributed by atoms with E-state index in [0.717, 1.165) is 21.3 Å². The minimum absolute atomic E-state index is 0.174. The van der Waals surface area contributed by atoms with E-state index in [1.165, 1.54) is 11.3 Å². The summed E-state index contributed by atoms with van der Waals surface area (Å²) in [5.74, 6) is 0.733. The zero-order valence-electron chi connectivity index (χ0n) is 9.16. The van der Waals surface area contributed by atoms with E-state index in [-0.39, 0.29) is 12.0 Å². The van der Waals surface area contributed by atoms with Crippen LogP contribution < -0.4 is 0 Å². The van der Waals surface area contributed by atoms with E-state index in [2.05, 4.69) is 9.82 Å². The molecule has 7 heteroatoms. The molecule has 2 rings (SSSR count). The summed E-state index contributed by atoms with van der Waals surface area (Å²) in [6.45, 7) is 2.07. The minimum Gasteiger partial charge on any atom is -0.462 e. The van der Waals surface area contributed by atoms with Crippen molar-refractivity contribution in [3.8, 4) is 10.8 Å². The second-order valence-corrected chi connectivity index (χ2v) is 4.42.